The molecule has 0 radical (unpaired) electrons. The zero-order chi connectivity index (χ0) is 16.0. The lowest BCUT2D eigenvalue weighted by Gasteiger charge is -2.28. The maximum Gasteiger partial charge on any atom is 0.488 e. The van der Waals surface area contributed by atoms with Crippen molar-refractivity contribution >= 4 is 12.6 Å². The van der Waals surface area contributed by atoms with Gasteiger partial charge >= 0.3 is 7.12 Å². The van der Waals surface area contributed by atoms with Crippen LogP contribution >= 0.6 is 0 Å². The molecule has 3 aromatic carbocycles. The fourth-order valence-electron chi connectivity index (χ4n) is 3.75. The minimum absolute atomic E-state index is 0.230. The average Bonchev–Trinajstić information content (AvgIpc) is 2.86. The van der Waals surface area contributed by atoms with E-state index in [0.29, 0.717) is 5.46 Å². The summed E-state index contributed by atoms with van der Waals surface area (Å²) < 4.78 is 0. The van der Waals surface area contributed by atoms with Crippen LogP contribution in [0, 0.1) is 0 Å². The summed E-state index contributed by atoms with van der Waals surface area (Å²) in [5, 5.41) is 18.6. The van der Waals surface area contributed by atoms with Gasteiger partial charge in [-0.05, 0) is 40.2 Å². The van der Waals surface area contributed by atoms with E-state index in [1.165, 1.54) is 22.3 Å². The van der Waals surface area contributed by atoms with Crippen molar-refractivity contribution in [3.8, 4) is 11.1 Å². The molecule has 112 valence electrons. The lowest BCUT2D eigenvalue weighted by molar-refractivity contribution is 0.425. The first-order chi connectivity index (χ1) is 11.1. The second kappa shape index (κ2) is 5.09. The van der Waals surface area contributed by atoms with Crippen molar-refractivity contribution in [1.29, 1.82) is 0 Å². The van der Waals surface area contributed by atoms with Crippen molar-refractivity contribution in [2.45, 2.75) is 12.3 Å². The van der Waals surface area contributed by atoms with Gasteiger partial charge in [-0.1, -0.05) is 72.8 Å². The molecule has 0 aliphatic heterocycles. The smallest absolute Gasteiger partial charge is 0.423 e. The predicted octanol–water partition coefficient (Wildman–Crippen LogP) is 2.70. The first kappa shape index (κ1) is 14.3. The van der Waals surface area contributed by atoms with E-state index >= 15 is 0 Å². The van der Waals surface area contributed by atoms with Crippen LogP contribution in [0.1, 0.15) is 23.6 Å². The standard InChI is InChI=1S/C20H17BO2/c1-20(14-10-12-15(13-11-14)21(22)23)18-8-4-2-6-16(18)17-7-3-5-9-19(17)20/h2-13,22-23H,1H3. The quantitative estimate of drug-likeness (QED) is 0.714. The van der Waals surface area contributed by atoms with Gasteiger partial charge in [-0.3, -0.25) is 0 Å². The molecule has 1 aliphatic carbocycles. The second-order valence-electron chi connectivity index (χ2n) is 6.21. The van der Waals surface area contributed by atoms with E-state index in [4.69, 9.17) is 0 Å². The molecule has 0 saturated heterocycles. The minimum atomic E-state index is -1.43. The third kappa shape index (κ3) is 1.98. The fraction of sp³-hybridized carbons (Fsp3) is 0.100. The zero-order valence-corrected chi connectivity index (χ0v) is 12.9. The molecular weight excluding hydrogens is 283 g/mol. The lowest BCUT2D eigenvalue weighted by Crippen LogP contribution is -2.30. The summed E-state index contributed by atoms with van der Waals surface area (Å²) in [7, 11) is -1.43. The Morgan fingerprint density at radius 2 is 1.17 bits per heavy atom. The fourth-order valence-corrected chi connectivity index (χ4v) is 3.75. The number of benzene rings is 3. The first-order valence-electron chi connectivity index (χ1n) is 7.78. The van der Waals surface area contributed by atoms with Crippen molar-refractivity contribution in [2.75, 3.05) is 0 Å². The molecule has 2 nitrogen and oxygen atoms in total. The molecule has 0 unspecified atom stereocenters. The van der Waals surface area contributed by atoms with Crippen molar-refractivity contribution < 1.29 is 10.0 Å². The maximum absolute atomic E-state index is 9.32. The molecule has 0 aromatic heterocycles. The summed E-state index contributed by atoms with van der Waals surface area (Å²) in [4.78, 5) is 0. The highest BCUT2D eigenvalue weighted by Gasteiger charge is 2.40. The topological polar surface area (TPSA) is 40.5 Å². The van der Waals surface area contributed by atoms with E-state index in [1.807, 2.05) is 12.1 Å². The van der Waals surface area contributed by atoms with Gasteiger partial charge in [-0.15, -0.1) is 0 Å². The normalized spacial score (nSPS) is 14.2. The molecule has 23 heavy (non-hydrogen) atoms. The summed E-state index contributed by atoms with van der Waals surface area (Å²) in [6, 6.07) is 24.6. The molecule has 0 atom stereocenters. The van der Waals surface area contributed by atoms with Crippen LogP contribution in [0.3, 0.4) is 0 Å². The largest absolute Gasteiger partial charge is 0.488 e. The Hall–Kier alpha value is -2.36. The van der Waals surface area contributed by atoms with Gasteiger partial charge in [0, 0.05) is 5.41 Å². The third-order valence-corrected chi connectivity index (χ3v) is 5.01. The van der Waals surface area contributed by atoms with Crippen LogP contribution < -0.4 is 5.46 Å². The summed E-state index contributed by atoms with van der Waals surface area (Å²) in [5.41, 5.74) is 6.56. The molecule has 2 N–H and O–H groups in total. The van der Waals surface area contributed by atoms with Crippen molar-refractivity contribution in [1.82, 2.24) is 0 Å². The molecule has 1 aliphatic rings. The van der Waals surface area contributed by atoms with Gasteiger partial charge in [0.1, 0.15) is 0 Å². The Balaban J connectivity index is 1.96. The van der Waals surface area contributed by atoms with E-state index in [1.54, 1.807) is 12.1 Å². The maximum atomic E-state index is 9.32. The van der Waals surface area contributed by atoms with Gasteiger partial charge in [-0.25, -0.2) is 0 Å². The van der Waals surface area contributed by atoms with Gasteiger partial charge in [0.25, 0.3) is 0 Å². The number of fused-ring (bicyclic) bond motifs is 3. The Bertz CT molecular complexity index is 823. The molecule has 0 heterocycles. The highest BCUT2D eigenvalue weighted by atomic mass is 16.4. The van der Waals surface area contributed by atoms with Crippen LogP contribution in [0.4, 0.5) is 0 Å². The Morgan fingerprint density at radius 3 is 1.65 bits per heavy atom. The molecule has 4 rings (SSSR count). The predicted molar refractivity (Wildman–Crippen MR) is 93.7 cm³/mol. The second-order valence-corrected chi connectivity index (χ2v) is 6.21. The van der Waals surface area contributed by atoms with Gasteiger partial charge in [0.2, 0.25) is 0 Å². The number of rotatable bonds is 2. The van der Waals surface area contributed by atoms with Crippen LogP contribution in [0.2, 0.25) is 0 Å². The van der Waals surface area contributed by atoms with E-state index < -0.39 is 7.12 Å². The molecule has 0 fully saturated rings. The van der Waals surface area contributed by atoms with Gasteiger partial charge in [0.15, 0.2) is 0 Å². The van der Waals surface area contributed by atoms with Crippen LogP contribution in [-0.4, -0.2) is 17.2 Å². The lowest BCUT2D eigenvalue weighted by atomic mass is 9.72. The average molecular weight is 300 g/mol. The number of hydrogen-bond donors (Lipinski definition) is 2. The van der Waals surface area contributed by atoms with Crippen molar-refractivity contribution in [3.05, 3.63) is 89.5 Å². The zero-order valence-electron chi connectivity index (χ0n) is 12.9. The summed E-state index contributed by atoms with van der Waals surface area (Å²) in [5.74, 6) is 0. The molecule has 0 saturated carbocycles. The van der Waals surface area contributed by atoms with Crippen LogP contribution in [0.5, 0.6) is 0 Å². The Kier molecular flexibility index (Phi) is 3.15. The summed E-state index contributed by atoms with van der Waals surface area (Å²) >= 11 is 0. The van der Waals surface area contributed by atoms with E-state index in [2.05, 4.69) is 55.5 Å². The van der Waals surface area contributed by atoms with Crippen molar-refractivity contribution in [2.24, 2.45) is 0 Å². The highest BCUT2D eigenvalue weighted by Crippen LogP contribution is 2.51. The van der Waals surface area contributed by atoms with E-state index in [0.717, 1.165) is 5.56 Å². The SMILES string of the molecule is CC1(c2ccc(B(O)O)cc2)c2ccccc2-c2ccccc21. The van der Waals surface area contributed by atoms with Gasteiger partial charge in [0.05, 0.1) is 0 Å². The summed E-state index contributed by atoms with van der Waals surface area (Å²) in [6.07, 6.45) is 0. The molecule has 0 bridgehead atoms. The summed E-state index contributed by atoms with van der Waals surface area (Å²) in [6.45, 7) is 2.24. The number of hydrogen-bond acceptors (Lipinski definition) is 2. The monoisotopic (exact) mass is 300 g/mol. The Morgan fingerprint density at radius 1 is 0.696 bits per heavy atom. The van der Waals surface area contributed by atoms with Gasteiger partial charge < -0.3 is 10.0 Å². The minimum Gasteiger partial charge on any atom is -0.423 e. The first-order valence-corrected chi connectivity index (χ1v) is 7.78. The molecule has 3 heteroatoms. The Labute approximate surface area is 136 Å². The van der Waals surface area contributed by atoms with Crippen molar-refractivity contribution in [3.63, 3.8) is 0 Å². The van der Waals surface area contributed by atoms with E-state index in [-0.39, 0.29) is 5.41 Å². The molecule has 0 amide bonds. The molecule has 3 aromatic rings. The van der Waals surface area contributed by atoms with Gasteiger partial charge in [-0.2, -0.15) is 0 Å². The van der Waals surface area contributed by atoms with Crippen LogP contribution in [-0.2, 0) is 5.41 Å². The molecular formula is C20H17BO2. The third-order valence-electron chi connectivity index (χ3n) is 5.01. The van der Waals surface area contributed by atoms with Crippen LogP contribution in [0.25, 0.3) is 11.1 Å². The van der Waals surface area contributed by atoms with Crippen LogP contribution in [0.15, 0.2) is 72.8 Å². The molecule has 0 spiro atoms. The highest BCUT2D eigenvalue weighted by molar-refractivity contribution is 6.58. The van der Waals surface area contributed by atoms with E-state index in [9.17, 15) is 10.0 Å².